The van der Waals surface area contributed by atoms with Crippen molar-refractivity contribution in [2.75, 3.05) is 6.54 Å². The number of nitrogens with two attached hydrogens (primary N) is 1. The Labute approximate surface area is 59.5 Å². The summed E-state index contributed by atoms with van der Waals surface area (Å²) in [5, 5.41) is 9.24. The van der Waals surface area contributed by atoms with Gasteiger partial charge in [-0.1, -0.05) is 0 Å². The molecular weight excluding hydrogens is 130 g/mol. The van der Waals surface area contributed by atoms with Gasteiger partial charge in [0.1, 0.15) is 11.9 Å². The first kappa shape index (κ1) is 7.31. The predicted octanol–water partition coefficient (Wildman–Crippen LogP) is 0.662. The highest BCUT2D eigenvalue weighted by molar-refractivity contribution is 5.01. The van der Waals surface area contributed by atoms with Gasteiger partial charge in [0.05, 0.1) is 6.26 Å². The molecule has 1 aromatic rings. The predicted molar refractivity (Wildman–Crippen MR) is 37.3 cm³/mol. The number of rotatable bonds is 3. The van der Waals surface area contributed by atoms with Crippen LogP contribution < -0.4 is 5.73 Å². The summed E-state index contributed by atoms with van der Waals surface area (Å²) in [6, 6.07) is 3.48. The molecule has 1 aromatic heterocycles. The molecule has 0 radical (unpaired) electrons. The first-order valence-corrected chi connectivity index (χ1v) is 3.26. The Morgan fingerprint density at radius 1 is 1.70 bits per heavy atom. The standard InChI is InChI=1S/C7H11NO2/c8-4-3-6(9)7-2-1-5-10-7/h1-2,5-6,9H,3-4,8H2. The molecule has 0 fully saturated rings. The topological polar surface area (TPSA) is 59.4 Å². The second-order valence-electron chi connectivity index (χ2n) is 2.11. The third kappa shape index (κ3) is 1.59. The Kier molecular flexibility index (Phi) is 2.48. The van der Waals surface area contributed by atoms with E-state index < -0.39 is 6.10 Å². The molecule has 0 aliphatic carbocycles. The van der Waals surface area contributed by atoms with Crippen molar-refractivity contribution >= 4 is 0 Å². The molecule has 56 valence electrons. The number of furan rings is 1. The number of aliphatic hydroxyl groups is 1. The van der Waals surface area contributed by atoms with Gasteiger partial charge in [-0.05, 0) is 25.1 Å². The van der Waals surface area contributed by atoms with E-state index in [0.29, 0.717) is 18.7 Å². The van der Waals surface area contributed by atoms with Gasteiger partial charge in [0.25, 0.3) is 0 Å². The van der Waals surface area contributed by atoms with Gasteiger partial charge >= 0.3 is 0 Å². The fraction of sp³-hybridized carbons (Fsp3) is 0.429. The Hall–Kier alpha value is -0.800. The van der Waals surface area contributed by atoms with Crippen LogP contribution in [0.3, 0.4) is 0 Å². The molecule has 1 heterocycles. The molecule has 1 unspecified atom stereocenters. The Balaban J connectivity index is 2.50. The van der Waals surface area contributed by atoms with Crippen LogP contribution in [0.25, 0.3) is 0 Å². The minimum absolute atomic E-state index is 0.474. The van der Waals surface area contributed by atoms with Gasteiger partial charge in [-0.2, -0.15) is 0 Å². The minimum Gasteiger partial charge on any atom is -0.467 e. The van der Waals surface area contributed by atoms with E-state index in [0.717, 1.165) is 0 Å². The Morgan fingerprint density at radius 2 is 2.50 bits per heavy atom. The molecule has 0 aliphatic heterocycles. The molecule has 0 aromatic carbocycles. The van der Waals surface area contributed by atoms with Crippen LogP contribution in [0.5, 0.6) is 0 Å². The molecule has 0 spiro atoms. The van der Waals surface area contributed by atoms with Crippen molar-refractivity contribution in [1.82, 2.24) is 0 Å². The first-order chi connectivity index (χ1) is 4.84. The third-order valence-electron chi connectivity index (χ3n) is 1.31. The largest absolute Gasteiger partial charge is 0.467 e. The summed E-state index contributed by atoms with van der Waals surface area (Å²) in [5.41, 5.74) is 5.23. The molecule has 0 saturated heterocycles. The third-order valence-corrected chi connectivity index (χ3v) is 1.31. The van der Waals surface area contributed by atoms with Crippen molar-refractivity contribution in [2.45, 2.75) is 12.5 Å². The van der Waals surface area contributed by atoms with E-state index in [1.807, 2.05) is 0 Å². The molecule has 10 heavy (non-hydrogen) atoms. The van der Waals surface area contributed by atoms with E-state index in [-0.39, 0.29) is 0 Å². The van der Waals surface area contributed by atoms with Gasteiger partial charge in [-0.25, -0.2) is 0 Å². The van der Waals surface area contributed by atoms with E-state index in [4.69, 9.17) is 10.2 Å². The maximum atomic E-state index is 9.24. The zero-order valence-corrected chi connectivity index (χ0v) is 5.66. The van der Waals surface area contributed by atoms with Gasteiger partial charge in [0.15, 0.2) is 0 Å². The quantitative estimate of drug-likeness (QED) is 0.650. The summed E-state index contributed by atoms with van der Waals surface area (Å²) in [4.78, 5) is 0. The average Bonchev–Trinajstić information content (AvgIpc) is 2.38. The fourth-order valence-electron chi connectivity index (χ4n) is 0.781. The molecule has 3 N–H and O–H groups in total. The summed E-state index contributed by atoms with van der Waals surface area (Å²) in [6.45, 7) is 0.474. The van der Waals surface area contributed by atoms with Gasteiger partial charge in [-0.3, -0.25) is 0 Å². The van der Waals surface area contributed by atoms with E-state index in [9.17, 15) is 5.11 Å². The van der Waals surface area contributed by atoms with Crippen LogP contribution in [0.4, 0.5) is 0 Å². The Bertz CT molecular complexity index is 172. The molecule has 3 heteroatoms. The zero-order valence-electron chi connectivity index (χ0n) is 5.66. The lowest BCUT2D eigenvalue weighted by Crippen LogP contribution is -2.05. The highest BCUT2D eigenvalue weighted by Crippen LogP contribution is 2.14. The smallest absolute Gasteiger partial charge is 0.132 e. The minimum atomic E-state index is -0.542. The molecule has 3 nitrogen and oxygen atoms in total. The van der Waals surface area contributed by atoms with Crippen molar-refractivity contribution in [3.8, 4) is 0 Å². The lowest BCUT2D eigenvalue weighted by molar-refractivity contribution is 0.143. The zero-order chi connectivity index (χ0) is 7.40. The van der Waals surface area contributed by atoms with Crippen LogP contribution in [0.2, 0.25) is 0 Å². The number of hydrogen-bond donors (Lipinski definition) is 2. The van der Waals surface area contributed by atoms with E-state index >= 15 is 0 Å². The van der Waals surface area contributed by atoms with Gasteiger partial charge in [0.2, 0.25) is 0 Å². The molecule has 0 amide bonds. The van der Waals surface area contributed by atoms with Crippen molar-refractivity contribution in [1.29, 1.82) is 0 Å². The lowest BCUT2D eigenvalue weighted by atomic mass is 10.2. The average molecular weight is 141 g/mol. The summed E-state index contributed by atoms with van der Waals surface area (Å²) in [5.74, 6) is 0.588. The van der Waals surface area contributed by atoms with E-state index in [1.54, 1.807) is 12.1 Å². The van der Waals surface area contributed by atoms with Crippen LogP contribution >= 0.6 is 0 Å². The molecule has 1 atom stereocenters. The Morgan fingerprint density at radius 3 is 3.00 bits per heavy atom. The van der Waals surface area contributed by atoms with Crippen LogP contribution in [-0.2, 0) is 0 Å². The second kappa shape index (κ2) is 3.39. The maximum Gasteiger partial charge on any atom is 0.132 e. The SMILES string of the molecule is NCCC(O)c1ccco1. The van der Waals surface area contributed by atoms with Crippen LogP contribution in [0.1, 0.15) is 18.3 Å². The van der Waals surface area contributed by atoms with Crippen LogP contribution in [0, 0.1) is 0 Å². The van der Waals surface area contributed by atoms with Gasteiger partial charge in [-0.15, -0.1) is 0 Å². The lowest BCUT2D eigenvalue weighted by Gasteiger charge is -2.03. The monoisotopic (exact) mass is 141 g/mol. The highest BCUT2D eigenvalue weighted by atomic mass is 16.4. The highest BCUT2D eigenvalue weighted by Gasteiger charge is 2.07. The van der Waals surface area contributed by atoms with Gasteiger partial charge in [0, 0.05) is 0 Å². The molecular formula is C7H11NO2. The van der Waals surface area contributed by atoms with Crippen molar-refractivity contribution in [2.24, 2.45) is 5.73 Å². The van der Waals surface area contributed by atoms with E-state index in [2.05, 4.69) is 0 Å². The molecule has 1 rings (SSSR count). The van der Waals surface area contributed by atoms with Crippen molar-refractivity contribution in [3.05, 3.63) is 24.2 Å². The van der Waals surface area contributed by atoms with Crippen LogP contribution in [-0.4, -0.2) is 11.7 Å². The fourth-order valence-corrected chi connectivity index (χ4v) is 0.781. The molecule has 0 bridgehead atoms. The van der Waals surface area contributed by atoms with E-state index in [1.165, 1.54) is 6.26 Å². The molecule has 0 saturated carbocycles. The van der Waals surface area contributed by atoms with Crippen molar-refractivity contribution < 1.29 is 9.52 Å². The number of aliphatic hydroxyl groups excluding tert-OH is 1. The summed E-state index contributed by atoms with van der Waals surface area (Å²) >= 11 is 0. The first-order valence-electron chi connectivity index (χ1n) is 3.26. The van der Waals surface area contributed by atoms with Crippen LogP contribution in [0.15, 0.2) is 22.8 Å². The summed E-state index contributed by atoms with van der Waals surface area (Å²) in [7, 11) is 0. The normalized spacial score (nSPS) is 13.4. The van der Waals surface area contributed by atoms with Crippen molar-refractivity contribution in [3.63, 3.8) is 0 Å². The summed E-state index contributed by atoms with van der Waals surface area (Å²) < 4.78 is 4.94. The second-order valence-corrected chi connectivity index (χ2v) is 2.11. The van der Waals surface area contributed by atoms with Gasteiger partial charge < -0.3 is 15.3 Å². The maximum absolute atomic E-state index is 9.24. The summed E-state index contributed by atoms with van der Waals surface area (Å²) in [6.07, 6.45) is 1.54. The number of hydrogen-bond acceptors (Lipinski definition) is 3. The molecule has 0 aliphatic rings.